The van der Waals surface area contributed by atoms with Crippen molar-refractivity contribution in [3.63, 3.8) is 0 Å². The molecule has 170 valence electrons. The zero-order valence-electron chi connectivity index (χ0n) is 19.1. The van der Waals surface area contributed by atoms with E-state index in [1.54, 1.807) is 7.11 Å². The van der Waals surface area contributed by atoms with Crippen molar-refractivity contribution < 1.29 is 14.3 Å². The summed E-state index contributed by atoms with van der Waals surface area (Å²) in [4.78, 5) is 20.6. The Bertz CT molecular complexity index is 1020. The first-order chi connectivity index (χ1) is 15.7. The normalized spacial score (nSPS) is 15.3. The summed E-state index contributed by atoms with van der Waals surface area (Å²) in [6.07, 6.45) is 2.78. The average molecular weight is 436 g/mol. The van der Waals surface area contributed by atoms with Gasteiger partial charge in [-0.1, -0.05) is 24.3 Å². The maximum atomic E-state index is 13.4. The highest BCUT2D eigenvalue weighted by Gasteiger charge is 2.29. The van der Waals surface area contributed by atoms with Gasteiger partial charge in [-0.15, -0.1) is 0 Å². The summed E-state index contributed by atoms with van der Waals surface area (Å²) >= 11 is 0. The number of aromatic nitrogens is 2. The number of fused-ring (bicyclic) bond motifs is 1. The standard InChI is InChI=1S/C26H33N3O3/c1-3-32-19-18-29-24-7-5-4-6-23(24)27-26(29)25(30)21-13-16-28(17-14-21)15-12-20-8-10-22(31-2)11-9-20/h4-11,21H,3,12-19H2,1-2H3. The van der Waals surface area contributed by atoms with Gasteiger partial charge in [0.25, 0.3) is 0 Å². The third kappa shape index (κ3) is 5.19. The van der Waals surface area contributed by atoms with Crippen molar-refractivity contribution >= 4 is 16.8 Å². The number of ketones is 1. The van der Waals surface area contributed by atoms with Crippen molar-refractivity contribution in [2.75, 3.05) is 40.0 Å². The van der Waals surface area contributed by atoms with Crippen LogP contribution < -0.4 is 4.74 Å². The molecule has 1 aliphatic heterocycles. The zero-order valence-corrected chi connectivity index (χ0v) is 19.1. The molecule has 1 fully saturated rings. The van der Waals surface area contributed by atoms with Crippen LogP contribution in [-0.2, 0) is 17.7 Å². The second-order valence-corrected chi connectivity index (χ2v) is 8.35. The maximum Gasteiger partial charge on any atom is 0.201 e. The predicted molar refractivity (Wildman–Crippen MR) is 126 cm³/mol. The van der Waals surface area contributed by atoms with Gasteiger partial charge >= 0.3 is 0 Å². The molecule has 2 heterocycles. The Morgan fingerprint density at radius 2 is 1.81 bits per heavy atom. The summed E-state index contributed by atoms with van der Waals surface area (Å²) in [7, 11) is 1.69. The highest BCUT2D eigenvalue weighted by molar-refractivity contribution is 5.98. The topological polar surface area (TPSA) is 56.6 Å². The smallest absolute Gasteiger partial charge is 0.201 e. The van der Waals surface area contributed by atoms with E-state index in [4.69, 9.17) is 14.5 Å². The molecule has 0 aliphatic carbocycles. The Balaban J connectivity index is 1.36. The molecular formula is C26H33N3O3. The van der Waals surface area contributed by atoms with Gasteiger partial charge in [-0.3, -0.25) is 4.79 Å². The van der Waals surface area contributed by atoms with Crippen molar-refractivity contribution in [2.45, 2.75) is 32.7 Å². The predicted octanol–water partition coefficient (Wildman–Crippen LogP) is 4.22. The fraction of sp³-hybridized carbons (Fsp3) is 0.462. The fourth-order valence-electron chi connectivity index (χ4n) is 4.47. The molecule has 1 aliphatic rings. The van der Waals surface area contributed by atoms with Crippen molar-refractivity contribution in [2.24, 2.45) is 5.92 Å². The number of piperidine rings is 1. The lowest BCUT2D eigenvalue weighted by atomic mass is 9.92. The molecule has 0 bridgehead atoms. The number of para-hydroxylation sites is 2. The number of methoxy groups -OCH3 is 1. The van der Waals surface area contributed by atoms with Gasteiger partial charge in [0, 0.05) is 25.6 Å². The first kappa shape index (κ1) is 22.5. The molecular weight excluding hydrogens is 402 g/mol. The van der Waals surface area contributed by atoms with E-state index in [1.807, 2.05) is 47.9 Å². The molecule has 0 radical (unpaired) electrons. The average Bonchev–Trinajstić information content (AvgIpc) is 3.22. The van der Waals surface area contributed by atoms with Crippen LogP contribution in [-0.4, -0.2) is 60.2 Å². The lowest BCUT2D eigenvalue weighted by molar-refractivity contribution is 0.0822. The van der Waals surface area contributed by atoms with Crippen LogP contribution in [0.1, 0.15) is 35.9 Å². The van der Waals surface area contributed by atoms with Gasteiger partial charge in [0.2, 0.25) is 5.78 Å². The monoisotopic (exact) mass is 435 g/mol. The van der Waals surface area contributed by atoms with Gasteiger partial charge < -0.3 is 18.9 Å². The molecule has 6 nitrogen and oxygen atoms in total. The quantitative estimate of drug-likeness (QED) is 0.353. The molecule has 1 aromatic heterocycles. The van der Waals surface area contributed by atoms with E-state index in [1.165, 1.54) is 5.56 Å². The second kappa shape index (κ2) is 10.7. The summed E-state index contributed by atoms with van der Waals surface area (Å²) in [5.74, 6) is 1.69. The van der Waals surface area contributed by atoms with Gasteiger partial charge in [-0.2, -0.15) is 0 Å². The van der Waals surface area contributed by atoms with Crippen molar-refractivity contribution in [1.29, 1.82) is 0 Å². The number of benzene rings is 2. The molecule has 0 saturated carbocycles. The Morgan fingerprint density at radius 1 is 1.06 bits per heavy atom. The van der Waals surface area contributed by atoms with Gasteiger partial charge in [-0.25, -0.2) is 4.98 Å². The first-order valence-corrected chi connectivity index (χ1v) is 11.6. The Morgan fingerprint density at radius 3 is 2.53 bits per heavy atom. The van der Waals surface area contributed by atoms with Gasteiger partial charge in [0.05, 0.1) is 24.8 Å². The molecule has 2 aromatic carbocycles. The molecule has 3 aromatic rings. The number of hydrogen-bond acceptors (Lipinski definition) is 5. The van der Waals surface area contributed by atoms with E-state index in [2.05, 4.69) is 17.0 Å². The van der Waals surface area contributed by atoms with Crippen LogP contribution in [0.25, 0.3) is 11.0 Å². The number of Topliss-reactive ketones (excluding diaryl/α,β-unsaturated/α-hetero) is 1. The molecule has 0 spiro atoms. The lowest BCUT2D eigenvalue weighted by Crippen LogP contribution is -2.38. The van der Waals surface area contributed by atoms with E-state index >= 15 is 0 Å². The van der Waals surface area contributed by atoms with Crippen molar-refractivity contribution in [3.8, 4) is 5.75 Å². The van der Waals surface area contributed by atoms with Gasteiger partial charge in [-0.05, 0) is 69.1 Å². The van der Waals surface area contributed by atoms with E-state index in [0.29, 0.717) is 25.6 Å². The highest BCUT2D eigenvalue weighted by atomic mass is 16.5. The third-order valence-corrected chi connectivity index (χ3v) is 6.37. The van der Waals surface area contributed by atoms with Gasteiger partial charge in [0.15, 0.2) is 5.82 Å². The number of rotatable bonds is 10. The molecule has 0 amide bonds. The number of nitrogens with zero attached hydrogens (tertiary/aromatic N) is 3. The molecule has 6 heteroatoms. The van der Waals surface area contributed by atoms with Crippen molar-refractivity contribution in [3.05, 3.63) is 59.9 Å². The van der Waals surface area contributed by atoms with Crippen LogP contribution in [0.4, 0.5) is 0 Å². The summed E-state index contributed by atoms with van der Waals surface area (Å²) in [5, 5.41) is 0. The number of carbonyl (C=O) groups excluding carboxylic acids is 1. The second-order valence-electron chi connectivity index (χ2n) is 8.35. The van der Waals surface area contributed by atoms with Crippen LogP contribution in [0.15, 0.2) is 48.5 Å². The van der Waals surface area contributed by atoms with Crippen LogP contribution >= 0.6 is 0 Å². The first-order valence-electron chi connectivity index (χ1n) is 11.6. The summed E-state index contributed by atoms with van der Waals surface area (Å²) in [5.41, 5.74) is 3.20. The Labute approximate surface area is 190 Å². The minimum atomic E-state index is 0.0369. The summed E-state index contributed by atoms with van der Waals surface area (Å²) < 4.78 is 12.8. The Hall–Kier alpha value is -2.70. The highest BCUT2D eigenvalue weighted by Crippen LogP contribution is 2.25. The molecule has 32 heavy (non-hydrogen) atoms. The molecule has 0 N–H and O–H groups in total. The van der Waals surface area contributed by atoms with E-state index in [9.17, 15) is 4.79 Å². The minimum absolute atomic E-state index is 0.0369. The molecule has 1 saturated heterocycles. The van der Waals surface area contributed by atoms with E-state index in [0.717, 1.165) is 55.7 Å². The SMILES string of the molecule is CCOCCn1c(C(=O)C2CCN(CCc3ccc(OC)cc3)CC2)nc2ccccc21. The zero-order chi connectivity index (χ0) is 22.3. The van der Waals surface area contributed by atoms with Gasteiger partial charge in [0.1, 0.15) is 5.75 Å². The van der Waals surface area contributed by atoms with E-state index in [-0.39, 0.29) is 11.7 Å². The molecule has 0 unspecified atom stereocenters. The Kier molecular flexibility index (Phi) is 7.55. The number of imidazole rings is 1. The van der Waals surface area contributed by atoms with Crippen LogP contribution in [0, 0.1) is 5.92 Å². The van der Waals surface area contributed by atoms with Crippen molar-refractivity contribution in [1.82, 2.24) is 14.5 Å². The summed E-state index contributed by atoms with van der Waals surface area (Å²) in [6.45, 7) is 6.81. The van der Waals surface area contributed by atoms with Crippen LogP contribution in [0.2, 0.25) is 0 Å². The van der Waals surface area contributed by atoms with E-state index < -0.39 is 0 Å². The minimum Gasteiger partial charge on any atom is -0.497 e. The maximum absolute atomic E-state index is 13.4. The largest absolute Gasteiger partial charge is 0.497 e. The number of hydrogen-bond donors (Lipinski definition) is 0. The molecule has 0 atom stereocenters. The van der Waals surface area contributed by atoms with Crippen LogP contribution in [0.3, 0.4) is 0 Å². The third-order valence-electron chi connectivity index (χ3n) is 6.37. The number of likely N-dealkylation sites (tertiary alicyclic amines) is 1. The lowest BCUT2D eigenvalue weighted by Gasteiger charge is -2.31. The molecule has 4 rings (SSSR count). The fourth-order valence-corrected chi connectivity index (χ4v) is 4.47. The summed E-state index contributed by atoms with van der Waals surface area (Å²) in [6, 6.07) is 16.3. The van der Waals surface area contributed by atoms with Crippen LogP contribution in [0.5, 0.6) is 5.75 Å². The number of carbonyl (C=O) groups is 1. The number of ether oxygens (including phenoxy) is 2.